The summed E-state index contributed by atoms with van der Waals surface area (Å²) >= 11 is 0. The van der Waals surface area contributed by atoms with Crippen LogP contribution in [0.15, 0.2) is 34.7 Å². The first-order chi connectivity index (χ1) is 13.5. The number of likely N-dealkylation sites (tertiary alicyclic amines) is 1. The second kappa shape index (κ2) is 9.13. The van der Waals surface area contributed by atoms with Crippen molar-refractivity contribution in [1.82, 2.24) is 9.80 Å². The number of hydrogen-bond acceptors (Lipinski definition) is 4. The van der Waals surface area contributed by atoms with Gasteiger partial charge in [0.15, 0.2) is 0 Å². The number of carbonyl (C=O) groups is 2. The van der Waals surface area contributed by atoms with Gasteiger partial charge in [-0.15, -0.1) is 0 Å². The van der Waals surface area contributed by atoms with Gasteiger partial charge in [-0.05, 0) is 45.2 Å². The lowest BCUT2D eigenvalue weighted by Gasteiger charge is -2.36. The van der Waals surface area contributed by atoms with Crippen molar-refractivity contribution in [1.29, 1.82) is 0 Å². The lowest BCUT2D eigenvalue weighted by atomic mass is 9.95. The molecule has 1 saturated heterocycles. The van der Waals surface area contributed by atoms with Gasteiger partial charge in [0.2, 0.25) is 5.91 Å². The van der Waals surface area contributed by atoms with E-state index >= 15 is 0 Å². The second-order valence-electron chi connectivity index (χ2n) is 7.38. The fourth-order valence-corrected chi connectivity index (χ4v) is 3.89. The molecule has 2 aromatic rings. The number of para-hydroxylation sites is 1. The van der Waals surface area contributed by atoms with Crippen LogP contribution in [0.1, 0.15) is 51.8 Å². The highest BCUT2D eigenvalue weighted by molar-refractivity contribution is 5.81. The van der Waals surface area contributed by atoms with E-state index in [1.807, 2.05) is 42.2 Å². The predicted octanol–water partition coefficient (Wildman–Crippen LogP) is 4.60. The summed E-state index contributed by atoms with van der Waals surface area (Å²) in [4.78, 5) is 29.0. The minimum atomic E-state index is -0.327. The zero-order chi connectivity index (χ0) is 20.1. The van der Waals surface area contributed by atoms with Gasteiger partial charge in [0, 0.05) is 25.0 Å². The third-order valence-electron chi connectivity index (χ3n) is 5.37. The minimum Gasteiger partial charge on any atom is -0.459 e. The third-order valence-corrected chi connectivity index (χ3v) is 5.37. The Labute approximate surface area is 166 Å². The number of furan rings is 1. The van der Waals surface area contributed by atoms with Gasteiger partial charge in [-0.2, -0.15) is 0 Å². The number of benzene rings is 1. The lowest BCUT2D eigenvalue weighted by molar-refractivity contribution is -0.139. The second-order valence-corrected chi connectivity index (χ2v) is 7.38. The van der Waals surface area contributed by atoms with Crippen molar-refractivity contribution in [2.75, 3.05) is 26.2 Å². The van der Waals surface area contributed by atoms with Crippen LogP contribution >= 0.6 is 0 Å². The van der Waals surface area contributed by atoms with E-state index < -0.39 is 0 Å². The Bertz CT molecular complexity index is 783. The molecule has 0 aliphatic carbocycles. The summed E-state index contributed by atoms with van der Waals surface area (Å²) in [5.74, 6) is 0.682. The quantitative estimate of drug-likeness (QED) is 0.728. The van der Waals surface area contributed by atoms with Crippen molar-refractivity contribution in [3.8, 4) is 0 Å². The van der Waals surface area contributed by atoms with Crippen LogP contribution in [0.4, 0.5) is 4.79 Å². The van der Waals surface area contributed by atoms with Gasteiger partial charge >= 0.3 is 6.09 Å². The van der Waals surface area contributed by atoms with Crippen LogP contribution in [-0.2, 0) is 9.53 Å². The lowest BCUT2D eigenvalue weighted by Crippen LogP contribution is -2.47. The maximum absolute atomic E-state index is 13.3. The normalized spacial score (nSPS) is 18.1. The molecule has 152 valence electrons. The third kappa shape index (κ3) is 4.32. The molecule has 2 atom stereocenters. The smallest absolute Gasteiger partial charge is 0.409 e. The summed E-state index contributed by atoms with van der Waals surface area (Å²) in [5, 5.41) is 1.04. The Morgan fingerprint density at radius 2 is 2.11 bits per heavy atom. The fraction of sp³-hybridized carbons (Fsp3) is 0.545. The van der Waals surface area contributed by atoms with Gasteiger partial charge < -0.3 is 19.0 Å². The standard InChI is InChI=1S/C22H30N2O4/c1-4-12-24(16(3)20-14-17-9-6-7-11-19(17)28-20)21(25)18-10-8-13-23(15-18)22(26)27-5-2/h6-7,9,11,14,16,18H,4-5,8,10,12-13,15H2,1-3H3. The molecule has 1 aliphatic heterocycles. The van der Waals surface area contributed by atoms with Gasteiger partial charge in [-0.25, -0.2) is 4.79 Å². The summed E-state index contributed by atoms with van der Waals surface area (Å²) in [6.45, 7) is 7.95. The first-order valence-corrected chi connectivity index (χ1v) is 10.3. The van der Waals surface area contributed by atoms with Crippen molar-refractivity contribution in [2.24, 2.45) is 5.92 Å². The monoisotopic (exact) mass is 386 g/mol. The Hall–Kier alpha value is -2.50. The van der Waals surface area contributed by atoms with Crippen LogP contribution in [0.2, 0.25) is 0 Å². The molecule has 0 N–H and O–H groups in total. The van der Waals surface area contributed by atoms with Gasteiger partial charge in [-0.3, -0.25) is 4.79 Å². The number of carbonyl (C=O) groups excluding carboxylic acids is 2. The van der Waals surface area contributed by atoms with Crippen LogP contribution < -0.4 is 0 Å². The molecule has 1 aromatic carbocycles. The van der Waals surface area contributed by atoms with Crippen molar-refractivity contribution >= 4 is 23.0 Å². The molecule has 0 saturated carbocycles. The summed E-state index contributed by atoms with van der Waals surface area (Å²) in [7, 11) is 0. The Morgan fingerprint density at radius 1 is 1.32 bits per heavy atom. The number of fused-ring (bicyclic) bond motifs is 1. The summed E-state index contributed by atoms with van der Waals surface area (Å²) in [6.07, 6.45) is 2.15. The molecule has 0 spiro atoms. The number of piperidine rings is 1. The number of rotatable bonds is 6. The summed E-state index contributed by atoms with van der Waals surface area (Å²) in [5.41, 5.74) is 0.833. The Kier molecular flexibility index (Phi) is 6.60. The van der Waals surface area contributed by atoms with E-state index in [-0.39, 0.29) is 24.0 Å². The molecule has 2 heterocycles. The van der Waals surface area contributed by atoms with E-state index in [9.17, 15) is 9.59 Å². The van der Waals surface area contributed by atoms with E-state index in [1.54, 1.807) is 11.8 Å². The molecule has 2 amide bonds. The molecule has 6 heteroatoms. The van der Waals surface area contributed by atoms with Gasteiger partial charge in [-0.1, -0.05) is 25.1 Å². The predicted molar refractivity (Wildman–Crippen MR) is 108 cm³/mol. The Morgan fingerprint density at radius 3 is 2.82 bits per heavy atom. The molecule has 3 rings (SSSR count). The first-order valence-electron chi connectivity index (χ1n) is 10.3. The molecule has 2 unspecified atom stereocenters. The van der Waals surface area contributed by atoms with E-state index in [1.165, 1.54) is 0 Å². The molecule has 0 bridgehead atoms. The maximum Gasteiger partial charge on any atom is 0.409 e. The van der Waals surface area contributed by atoms with Crippen molar-refractivity contribution in [3.05, 3.63) is 36.1 Å². The SMILES string of the molecule is CCCN(C(=O)C1CCCN(C(=O)OCC)C1)C(C)c1cc2ccccc2o1. The minimum absolute atomic E-state index is 0.0869. The average Bonchev–Trinajstić information content (AvgIpc) is 3.15. The van der Waals surface area contributed by atoms with Crippen LogP contribution in [0, 0.1) is 5.92 Å². The van der Waals surface area contributed by atoms with Crippen LogP contribution in [0.5, 0.6) is 0 Å². The van der Waals surface area contributed by atoms with E-state index in [2.05, 4.69) is 6.92 Å². The maximum atomic E-state index is 13.3. The molecular weight excluding hydrogens is 356 g/mol. The van der Waals surface area contributed by atoms with Crippen molar-refractivity contribution in [2.45, 2.75) is 46.1 Å². The number of amides is 2. The molecular formula is C22H30N2O4. The molecule has 0 radical (unpaired) electrons. The largest absolute Gasteiger partial charge is 0.459 e. The average molecular weight is 386 g/mol. The molecule has 1 aromatic heterocycles. The Balaban J connectivity index is 1.76. The van der Waals surface area contributed by atoms with Crippen molar-refractivity contribution in [3.63, 3.8) is 0 Å². The molecule has 1 fully saturated rings. The van der Waals surface area contributed by atoms with E-state index in [4.69, 9.17) is 9.15 Å². The zero-order valence-electron chi connectivity index (χ0n) is 17.0. The van der Waals surface area contributed by atoms with Crippen LogP contribution in [-0.4, -0.2) is 48.0 Å². The molecule has 6 nitrogen and oxygen atoms in total. The highest BCUT2D eigenvalue weighted by atomic mass is 16.6. The van der Waals surface area contributed by atoms with E-state index in [0.717, 1.165) is 36.0 Å². The van der Waals surface area contributed by atoms with Gasteiger partial charge in [0.05, 0.1) is 18.6 Å². The topological polar surface area (TPSA) is 63.0 Å². The van der Waals surface area contributed by atoms with Crippen molar-refractivity contribution < 1.29 is 18.7 Å². The van der Waals surface area contributed by atoms with E-state index in [0.29, 0.717) is 26.2 Å². The fourth-order valence-electron chi connectivity index (χ4n) is 3.89. The highest BCUT2D eigenvalue weighted by Crippen LogP contribution is 2.30. The number of ether oxygens (including phenoxy) is 1. The summed E-state index contributed by atoms with van der Waals surface area (Å²) in [6, 6.07) is 9.74. The number of hydrogen-bond donors (Lipinski definition) is 0. The number of nitrogens with zero attached hydrogens (tertiary/aromatic N) is 2. The molecule has 28 heavy (non-hydrogen) atoms. The van der Waals surface area contributed by atoms with Crippen LogP contribution in [0.25, 0.3) is 11.0 Å². The zero-order valence-corrected chi connectivity index (χ0v) is 17.0. The van der Waals surface area contributed by atoms with Crippen LogP contribution in [0.3, 0.4) is 0 Å². The van der Waals surface area contributed by atoms with Gasteiger partial charge in [0.25, 0.3) is 0 Å². The summed E-state index contributed by atoms with van der Waals surface area (Å²) < 4.78 is 11.1. The molecule has 1 aliphatic rings. The first kappa shape index (κ1) is 20.2. The van der Waals surface area contributed by atoms with Gasteiger partial charge in [0.1, 0.15) is 11.3 Å². The highest BCUT2D eigenvalue weighted by Gasteiger charge is 2.34.